The van der Waals surface area contributed by atoms with E-state index in [0.29, 0.717) is 16.7 Å². The molecule has 31 heavy (non-hydrogen) atoms. The van der Waals surface area contributed by atoms with Gasteiger partial charge in [0.2, 0.25) is 0 Å². The van der Waals surface area contributed by atoms with Crippen molar-refractivity contribution in [1.82, 2.24) is 4.90 Å². The molecule has 0 aromatic carbocycles. The summed E-state index contributed by atoms with van der Waals surface area (Å²) >= 11 is 2.65. The standard InChI is InChI=1S/C29H56IN/c1-12-25(26-17-23(26)7)27(24(19-30)16-21(3)4)18-28(8,13-2)20-29(9,22(5)6)14-15-31(10)11/h16,21-23,25-27H,12-15,17-20H2,1-11H3/b24-16-/t23-,25?,26+,27?,28?,29?/m1/s1. The molecule has 0 radical (unpaired) electrons. The predicted molar refractivity (Wildman–Crippen MR) is 150 cm³/mol. The molecule has 1 fully saturated rings. The molecule has 6 atom stereocenters. The highest BCUT2D eigenvalue weighted by molar-refractivity contribution is 14.1. The fraction of sp³-hybridized carbons (Fsp3) is 0.931. The lowest BCUT2D eigenvalue weighted by atomic mass is 9.60. The summed E-state index contributed by atoms with van der Waals surface area (Å²) in [6, 6.07) is 0. The summed E-state index contributed by atoms with van der Waals surface area (Å²) in [6.07, 6.45) is 10.7. The Kier molecular flexibility index (Phi) is 12.1. The maximum absolute atomic E-state index is 2.65. The van der Waals surface area contributed by atoms with Gasteiger partial charge in [-0.05, 0) is 92.7 Å². The van der Waals surface area contributed by atoms with Gasteiger partial charge in [0.05, 0.1) is 0 Å². The SMILES string of the molecule is CCC(C(CC(C)(CC)CC(C)(CCN(C)C)C(C)C)/C(=C\C(C)C)CI)[C@H]1C[C@H]1C. The molecule has 184 valence electrons. The van der Waals surface area contributed by atoms with E-state index in [-0.39, 0.29) is 0 Å². The average molecular weight is 546 g/mol. The number of nitrogens with zero attached hydrogens (tertiary/aromatic N) is 1. The first-order valence-corrected chi connectivity index (χ1v) is 14.8. The van der Waals surface area contributed by atoms with E-state index in [1.54, 1.807) is 5.57 Å². The second-order valence-corrected chi connectivity index (χ2v) is 13.3. The Labute approximate surface area is 210 Å². The third kappa shape index (κ3) is 8.95. The van der Waals surface area contributed by atoms with Crippen LogP contribution < -0.4 is 0 Å². The van der Waals surface area contributed by atoms with Crippen LogP contribution in [0.2, 0.25) is 0 Å². The van der Waals surface area contributed by atoms with Crippen molar-refractivity contribution in [3.8, 4) is 0 Å². The molecule has 1 rings (SSSR count). The number of hydrogen-bond acceptors (Lipinski definition) is 1. The highest BCUT2D eigenvalue weighted by Gasteiger charge is 2.45. The lowest BCUT2D eigenvalue weighted by molar-refractivity contribution is 0.0631. The van der Waals surface area contributed by atoms with E-state index in [4.69, 9.17) is 0 Å². The number of allylic oxidation sites excluding steroid dienone is 2. The van der Waals surface area contributed by atoms with Crippen molar-refractivity contribution < 1.29 is 0 Å². The van der Waals surface area contributed by atoms with Gasteiger partial charge in [-0.15, -0.1) is 0 Å². The van der Waals surface area contributed by atoms with Crippen LogP contribution in [0.25, 0.3) is 0 Å². The lowest BCUT2D eigenvalue weighted by Gasteiger charge is -2.45. The summed E-state index contributed by atoms with van der Waals surface area (Å²) < 4.78 is 1.19. The third-order valence-electron chi connectivity index (χ3n) is 8.81. The molecule has 0 bridgehead atoms. The van der Waals surface area contributed by atoms with Gasteiger partial charge in [0.1, 0.15) is 0 Å². The summed E-state index contributed by atoms with van der Waals surface area (Å²) in [7, 11) is 4.45. The monoisotopic (exact) mass is 545 g/mol. The molecule has 2 heteroatoms. The van der Waals surface area contributed by atoms with Crippen molar-refractivity contribution in [2.45, 2.75) is 101 Å². The van der Waals surface area contributed by atoms with Crippen molar-refractivity contribution in [3.05, 3.63) is 11.6 Å². The molecule has 0 spiro atoms. The quantitative estimate of drug-likeness (QED) is 0.113. The first-order chi connectivity index (χ1) is 14.3. The first kappa shape index (κ1) is 29.5. The molecule has 1 saturated carbocycles. The Bertz CT molecular complexity index is 551. The van der Waals surface area contributed by atoms with Gasteiger partial charge in [0.15, 0.2) is 0 Å². The Morgan fingerprint density at radius 2 is 1.71 bits per heavy atom. The first-order valence-electron chi connectivity index (χ1n) is 13.2. The molecular weight excluding hydrogens is 489 g/mol. The third-order valence-corrected chi connectivity index (χ3v) is 9.69. The van der Waals surface area contributed by atoms with E-state index in [9.17, 15) is 0 Å². The van der Waals surface area contributed by atoms with Gasteiger partial charge in [-0.1, -0.05) is 109 Å². The van der Waals surface area contributed by atoms with Crippen LogP contribution in [-0.2, 0) is 0 Å². The molecule has 0 amide bonds. The topological polar surface area (TPSA) is 3.24 Å². The normalized spacial score (nSPS) is 25.6. The fourth-order valence-corrected chi connectivity index (χ4v) is 6.81. The molecule has 1 aliphatic carbocycles. The Morgan fingerprint density at radius 3 is 2.06 bits per heavy atom. The van der Waals surface area contributed by atoms with Crippen LogP contribution in [0.5, 0.6) is 0 Å². The minimum Gasteiger partial charge on any atom is -0.309 e. The Morgan fingerprint density at radius 1 is 1.13 bits per heavy atom. The zero-order valence-electron chi connectivity index (χ0n) is 23.0. The van der Waals surface area contributed by atoms with Crippen LogP contribution >= 0.6 is 22.6 Å². The van der Waals surface area contributed by atoms with Gasteiger partial charge in [0, 0.05) is 4.43 Å². The molecular formula is C29H56IN. The highest BCUT2D eigenvalue weighted by atomic mass is 127. The van der Waals surface area contributed by atoms with Crippen LogP contribution in [0.1, 0.15) is 101 Å². The van der Waals surface area contributed by atoms with Crippen molar-refractivity contribution in [2.75, 3.05) is 25.1 Å². The summed E-state index contributed by atoms with van der Waals surface area (Å²) in [5, 5.41) is 0. The highest BCUT2D eigenvalue weighted by Crippen LogP contribution is 2.54. The molecule has 0 N–H and O–H groups in total. The predicted octanol–water partition coefficient (Wildman–Crippen LogP) is 9.11. The van der Waals surface area contributed by atoms with E-state index in [1.165, 1.54) is 49.5 Å². The zero-order chi connectivity index (χ0) is 24.0. The number of rotatable bonds is 15. The molecule has 4 unspecified atom stereocenters. The van der Waals surface area contributed by atoms with Gasteiger partial charge >= 0.3 is 0 Å². The van der Waals surface area contributed by atoms with Gasteiger partial charge in [-0.25, -0.2) is 0 Å². The van der Waals surface area contributed by atoms with Crippen LogP contribution in [0.4, 0.5) is 0 Å². The lowest BCUT2D eigenvalue weighted by Crippen LogP contribution is -2.37. The zero-order valence-corrected chi connectivity index (χ0v) is 25.2. The van der Waals surface area contributed by atoms with E-state index >= 15 is 0 Å². The van der Waals surface area contributed by atoms with Crippen LogP contribution in [-0.4, -0.2) is 30.0 Å². The van der Waals surface area contributed by atoms with E-state index < -0.39 is 0 Å². The van der Waals surface area contributed by atoms with Crippen molar-refractivity contribution >= 4 is 22.6 Å². The van der Waals surface area contributed by atoms with Crippen LogP contribution in [0, 0.1) is 46.3 Å². The van der Waals surface area contributed by atoms with E-state index in [1.807, 2.05) is 0 Å². The molecule has 0 saturated heterocycles. The van der Waals surface area contributed by atoms with Gasteiger partial charge in [-0.2, -0.15) is 0 Å². The second kappa shape index (κ2) is 12.8. The van der Waals surface area contributed by atoms with Gasteiger partial charge in [0.25, 0.3) is 0 Å². The molecule has 0 aromatic rings. The number of hydrogen-bond donors (Lipinski definition) is 0. The molecule has 1 nitrogen and oxygen atoms in total. The largest absolute Gasteiger partial charge is 0.309 e. The Hall–Kier alpha value is 0.430. The maximum Gasteiger partial charge on any atom is 0.0208 e. The van der Waals surface area contributed by atoms with Crippen LogP contribution in [0.15, 0.2) is 11.6 Å². The smallest absolute Gasteiger partial charge is 0.0208 e. The maximum atomic E-state index is 2.65. The summed E-state index contributed by atoms with van der Waals surface area (Å²) in [4.78, 5) is 2.37. The molecule has 0 heterocycles. The van der Waals surface area contributed by atoms with E-state index in [0.717, 1.165) is 29.6 Å². The Balaban J connectivity index is 3.25. The van der Waals surface area contributed by atoms with E-state index in [2.05, 4.69) is 110 Å². The van der Waals surface area contributed by atoms with Crippen molar-refractivity contribution in [2.24, 2.45) is 46.3 Å². The summed E-state index contributed by atoms with van der Waals surface area (Å²) in [5.74, 6) is 4.89. The summed E-state index contributed by atoms with van der Waals surface area (Å²) in [5.41, 5.74) is 2.56. The van der Waals surface area contributed by atoms with Gasteiger partial charge in [-0.3, -0.25) is 0 Å². The van der Waals surface area contributed by atoms with Crippen LogP contribution in [0.3, 0.4) is 0 Å². The van der Waals surface area contributed by atoms with Crippen molar-refractivity contribution in [3.63, 3.8) is 0 Å². The summed E-state index contributed by atoms with van der Waals surface area (Å²) in [6.45, 7) is 23.4. The minimum absolute atomic E-state index is 0.403. The number of alkyl halides is 1. The number of halogens is 1. The second-order valence-electron chi connectivity index (χ2n) is 12.6. The fourth-order valence-electron chi connectivity index (χ4n) is 5.99. The molecule has 1 aliphatic rings. The minimum atomic E-state index is 0.403. The average Bonchev–Trinajstić information content (AvgIpc) is 3.40. The molecule has 0 aromatic heterocycles. The van der Waals surface area contributed by atoms with Crippen molar-refractivity contribution in [1.29, 1.82) is 0 Å². The van der Waals surface area contributed by atoms with Gasteiger partial charge < -0.3 is 4.90 Å². The molecule has 0 aliphatic heterocycles.